The number of carbonyl (C=O) groups is 2. The molecule has 0 unspecified atom stereocenters. The third-order valence-corrected chi connectivity index (χ3v) is 3.42. The maximum Gasteiger partial charge on any atom is 0.276 e. The lowest BCUT2D eigenvalue weighted by atomic mass is 10.2. The van der Waals surface area contributed by atoms with Gasteiger partial charge < -0.3 is 14.2 Å². The third-order valence-electron chi connectivity index (χ3n) is 3.42. The van der Waals surface area contributed by atoms with E-state index in [4.69, 9.17) is 14.2 Å². The van der Waals surface area contributed by atoms with Crippen molar-refractivity contribution in [2.24, 2.45) is 0 Å². The number of methoxy groups -OCH3 is 2. The SMILES string of the molecule is COc1cccc(C(=O)NNC(=O)COc2ccccc2C)c1OC. The minimum Gasteiger partial charge on any atom is -0.493 e. The second kappa shape index (κ2) is 8.58. The van der Waals surface area contributed by atoms with E-state index in [-0.39, 0.29) is 17.9 Å². The van der Waals surface area contributed by atoms with Crippen molar-refractivity contribution in [2.75, 3.05) is 20.8 Å². The van der Waals surface area contributed by atoms with Gasteiger partial charge in [0.15, 0.2) is 18.1 Å². The molecule has 0 radical (unpaired) electrons. The van der Waals surface area contributed by atoms with Crippen molar-refractivity contribution in [1.82, 2.24) is 10.9 Å². The molecule has 2 aromatic carbocycles. The molecule has 2 amide bonds. The molecule has 2 N–H and O–H groups in total. The van der Waals surface area contributed by atoms with Gasteiger partial charge in [0.25, 0.3) is 11.8 Å². The predicted molar refractivity (Wildman–Crippen MR) is 91.8 cm³/mol. The second-order valence-corrected chi connectivity index (χ2v) is 5.10. The zero-order valence-corrected chi connectivity index (χ0v) is 14.3. The van der Waals surface area contributed by atoms with E-state index in [1.807, 2.05) is 25.1 Å². The first-order chi connectivity index (χ1) is 12.1. The minimum absolute atomic E-state index is 0.222. The van der Waals surface area contributed by atoms with Crippen molar-refractivity contribution < 1.29 is 23.8 Å². The highest BCUT2D eigenvalue weighted by atomic mass is 16.5. The summed E-state index contributed by atoms with van der Waals surface area (Å²) in [5.74, 6) is 0.300. The Morgan fingerprint density at radius 2 is 1.64 bits per heavy atom. The molecule has 0 saturated heterocycles. The van der Waals surface area contributed by atoms with Crippen LogP contribution >= 0.6 is 0 Å². The third kappa shape index (κ3) is 4.63. The monoisotopic (exact) mass is 344 g/mol. The van der Waals surface area contributed by atoms with Crippen LogP contribution in [0.5, 0.6) is 17.2 Å². The van der Waals surface area contributed by atoms with Crippen LogP contribution < -0.4 is 25.1 Å². The van der Waals surface area contributed by atoms with E-state index in [0.29, 0.717) is 11.5 Å². The number of rotatable bonds is 6. The highest BCUT2D eigenvalue weighted by Crippen LogP contribution is 2.30. The van der Waals surface area contributed by atoms with E-state index < -0.39 is 11.8 Å². The number of benzene rings is 2. The molecule has 25 heavy (non-hydrogen) atoms. The Kier molecular flexibility index (Phi) is 6.22. The summed E-state index contributed by atoms with van der Waals surface area (Å²) in [6.45, 7) is 1.66. The number of ether oxygens (including phenoxy) is 3. The second-order valence-electron chi connectivity index (χ2n) is 5.10. The Hall–Kier alpha value is -3.22. The number of carbonyl (C=O) groups excluding carboxylic acids is 2. The number of hydrogen-bond donors (Lipinski definition) is 2. The number of aryl methyl sites for hydroxylation is 1. The summed E-state index contributed by atoms with van der Waals surface area (Å²) in [4.78, 5) is 24.1. The largest absolute Gasteiger partial charge is 0.493 e. The van der Waals surface area contributed by atoms with Crippen LogP contribution in [0.15, 0.2) is 42.5 Å². The smallest absolute Gasteiger partial charge is 0.276 e. The summed E-state index contributed by atoms with van der Waals surface area (Å²) in [6.07, 6.45) is 0. The summed E-state index contributed by atoms with van der Waals surface area (Å²) in [5, 5.41) is 0. The molecular formula is C18H20N2O5. The maximum absolute atomic E-state index is 12.2. The van der Waals surface area contributed by atoms with Gasteiger partial charge in [0, 0.05) is 0 Å². The van der Waals surface area contributed by atoms with Crippen LogP contribution in [0.2, 0.25) is 0 Å². The number of hydrogen-bond acceptors (Lipinski definition) is 5. The van der Waals surface area contributed by atoms with Gasteiger partial charge in [-0.3, -0.25) is 20.4 Å². The van der Waals surface area contributed by atoms with Gasteiger partial charge in [0.2, 0.25) is 0 Å². The maximum atomic E-state index is 12.2. The topological polar surface area (TPSA) is 85.9 Å². The van der Waals surface area contributed by atoms with Gasteiger partial charge in [-0.25, -0.2) is 0 Å². The molecule has 0 bridgehead atoms. The van der Waals surface area contributed by atoms with Crippen LogP contribution in [0.25, 0.3) is 0 Å². The average molecular weight is 344 g/mol. The molecule has 0 atom stereocenters. The van der Waals surface area contributed by atoms with Gasteiger partial charge in [-0.1, -0.05) is 24.3 Å². The number of hydrazine groups is 1. The van der Waals surface area contributed by atoms with Crippen LogP contribution in [0.1, 0.15) is 15.9 Å². The van der Waals surface area contributed by atoms with Crippen molar-refractivity contribution in [1.29, 1.82) is 0 Å². The van der Waals surface area contributed by atoms with Gasteiger partial charge in [0.05, 0.1) is 19.8 Å². The van der Waals surface area contributed by atoms with E-state index in [9.17, 15) is 9.59 Å². The first-order valence-electron chi connectivity index (χ1n) is 7.55. The average Bonchev–Trinajstić information content (AvgIpc) is 2.64. The van der Waals surface area contributed by atoms with Gasteiger partial charge in [0.1, 0.15) is 5.75 Å². The Labute approximate surface area is 145 Å². The number of amides is 2. The molecule has 2 rings (SSSR count). The first kappa shape index (κ1) is 18.1. The van der Waals surface area contributed by atoms with E-state index >= 15 is 0 Å². The molecule has 0 aliphatic heterocycles. The van der Waals surface area contributed by atoms with E-state index in [1.165, 1.54) is 14.2 Å². The van der Waals surface area contributed by atoms with Crippen molar-refractivity contribution in [2.45, 2.75) is 6.92 Å². The van der Waals surface area contributed by atoms with Crippen molar-refractivity contribution >= 4 is 11.8 Å². The fraction of sp³-hybridized carbons (Fsp3) is 0.222. The van der Waals surface area contributed by atoms with Crippen molar-refractivity contribution in [3.63, 3.8) is 0 Å². The van der Waals surface area contributed by atoms with Crippen LogP contribution in [0.4, 0.5) is 0 Å². The fourth-order valence-electron chi connectivity index (χ4n) is 2.16. The molecule has 2 aromatic rings. The van der Waals surface area contributed by atoms with Gasteiger partial charge in [-0.15, -0.1) is 0 Å². The molecule has 132 valence electrons. The molecule has 7 heteroatoms. The van der Waals surface area contributed by atoms with Gasteiger partial charge in [-0.05, 0) is 30.7 Å². The summed E-state index contributed by atoms with van der Waals surface area (Å²) in [6, 6.07) is 12.2. The van der Waals surface area contributed by atoms with E-state index in [1.54, 1.807) is 24.3 Å². The van der Waals surface area contributed by atoms with Crippen LogP contribution in [0, 0.1) is 6.92 Å². The molecule has 7 nitrogen and oxygen atoms in total. The van der Waals surface area contributed by atoms with Gasteiger partial charge in [-0.2, -0.15) is 0 Å². The number of para-hydroxylation sites is 2. The van der Waals surface area contributed by atoms with Crippen LogP contribution in [-0.4, -0.2) is 32.6 Å². The van der Waals surface area contributed by atoms with Crippen LogP contribution in [-0.2, 0) is 4.79 Å². The zero-order valence-electron chi connectivity index (χ0n) is 14.3. The lowest BCUT2D eigenvalue weighted by molar-refractivity contribution is -0.123. The van der Waals surface area contributed by atoms with Crippen molar-refractivity contribution in [3.05, 3.63) is 53.6 Å². The quantitative estimate of drug-likeness (QED) is 0.781. The fourth-order valence-corrected chi connectivity index (χ4v) is 2.16. The highest BCUT2D eigenvalue weighted by Gasteiger charge is 2.16. The van der Waals surface area contributed by atoms with Gasteiger partial charge >= 0.3 is 0 Å². The molecule has 0 aliphatic carbocycles. The Morgan fingerprint density at radius 3 is 2.32 bits per heavy atom. The van der Waals surface area contributed by atoms with E-state index in [2.05, 4.69) is 10.9 Å². The minimum atomic E-state index is -0.528. The molecule has 0 heterocycles. The van der Waals surface area contributed by atoms with E-state index in [0.717, 1.165) is 5.56 Å². The Bertz CT molecular complexity index is 761. The molecular weight excluding hydrogens is 324 g/mol. The normalized spacial score (nSPS) is 9.88. The molecule has 0 fully saturated rings. The lowest BCUT2D eigenvalue weighted by Crippen LogP contribution is -2.44. The highest BCUT2D eigenvalue weighted by molar-refractivity contribution is 5.98. The standard InChI is InChI=1S/C18H20N2O5/c1-12-7-4-5-9-14(12)25-11-16(21)19-20-18(22)13-8-6-10-15(23-2)17(13)24-3/h4-10H,11H2,1-3H3,(H,19,21)(H,20,22). The summed E-state index contributed by atoms with van der Waals surface area (Å²) >= 11 is 0. The Balaban J connectivity index is 1.92. The summed E-state index contributed by atoms with van der Waals surface area (Å²) in [7, 11) is 2.91. The van der Waals surface area contributed by atoms with Crippen LogP contribution in [0.3, 0.4) is 0 Å². The summed E-state index contributed by atoms with van der Waals surface area (Å²) < 4.78 is 15.7. The lowest BCUT2D eigenvalue weighted by Gasteiger charge is -2.13. The molecule has 0 saturated carbocycles. The zero-order chi connectivity index (χ0) is 18.2. The molecule has 0 spiro atoms. The number of nitrogens with one attached hydrogen (secondary N) is 2. The predicted octanol–water partition coefficient (Wildman–Crippen LogP) is 1.85. The molecule has 0 aromatic heterocycles. The first-order valence-corrected chi connectivity index (χ1v) is 7.55. The summed E-state index contributed by atoms with van der Waals surface area (Å²) in [5.41, 5.74) is 5.78. The molecule has 0 aliphatic rings. The van der Waals surface area contributed by atoms with Crippen molar-refractivity contribution in [3.8, 4) is 17.2 Å². The Morgan fingerprint density at radius 1 is 0.920 bits per heavy atom.